The molecule has 3 N–H and O–H groups in total. The summed E-state index contributed by atoms with van der Waals surface area (Å²) in [5.41, 5.74) is 0. The highest BCUT2D eigenvalue weighted by Crippen LogP contribution is 2.40. The van der Waals surface area contributed by atoms with Crippen LogP contribution in [0.4, 0.5) is 0 Å². The Morgan fingerprint density at radius 3 is 0.745 bits per heavy atom. The van der Waals surface area contributed by atoms with Gasteiger partial charge < -0.3 is 15.3 Å². The van der Waals surface area contributed by atoms with E-state index in [9.17, 15) is 15.3 Å². The molecule has 284 valence electrons. The largest absolute Gasteiger partial charge is 0.341 e. The van der Waals surface area contributed by atoms with Gasteiger partial charge in [-0.05, 0) is 38.5 Å². The number of aliphatic hydroxyl groups excluding tert-OH is 3. The molecule has 47 heavy (non-hydrogen) atoms. The molecule has 3 unspecified atom stereocenters. The molecule has 0 aromatic heterocycles. The second-order valence-corrected chi connectivity index (χ2v) is 15.3. The Kier molecular flexibility index (Phi) is 31.6. The van der Waals surface area contributed by atoms with E-state index in [1.807, 2.05) is 0 Å². The number of unbranched alkanes of at least 4 members (excludes halogenated alkanes) is 21. The third kappa shape index (κ3) is 18.6. The quantitative estimate of drug-likeness (QED) is 0.0267. The molecule has 0 aromatic rings. The summed E-state index contributed by atoms with van der Waals surface area (Å²) in [5.74, 6) is 0. The Morgan fingerprint density at radius 1 is 0.298 bits per heavy atom. The fourth-order valence-corrected chi connectivity index (χ4v) is 8.21. The van der Waals surface area contributed by atoms with E-state index < -0.39 is 18.7 Å². The second kappa shape index (κ2) is 31.8. The number of hydrogen-bond acceptors (Lipinski definition) is 3. The van der Waals surface area contributed by atoms with E-state index in [1.165, 1.54) is 116 Å². The summed E-state index contributed by atoms with van der Waals surface area (Å²) in [6.45, 7) is 16.5. The predicted octanol–water partition coefficient (Wildman–Crippen LogP) is 12.3. The maximum Gasteiger partial charge on any atom is 0.238 e. The third-order valence-electron chi connectivity index (χ3n) is 11.1. The third-order valence-corrected chi connectivity index (χ3v) is 11.1. The predicted molar refractivity (Wildman–Crippen MR) is 206 cm³/mol. The minimum Gasteiger partial charge on any atom is -0.341 e. The molecule has 0 aliphatic carbocycles. The van der Waals surface area contributed by atoms with Crippen molar-refractivity contribution < 1.29 is 24.5 Å². The molecule has 0 saturated carbocycles. The SMILES string of the molecule is CCCCCCCC(O)[N+](C(O)CCCCCCC)(C(O)CCCCCCC)[N+](CCCCCC)(CCCCCC)CCCCCC. The summed E-state index contributed by atoms with van der Waals surface area (Å²) in [6.07, 6.45) is 31.1. The smallest absolute Gasteiger partial charge is 0.238 e. The second-order valence-electron chi connectivity index (χ2n) is 15.3. The minimum absolute atomic E-state index is 0.0830. The van der Waals surface area contributed by atoms with Gasteiger partial charge in [0.1, 0.15) is 19.6 Å². The van der Waals surface area contributed by atoms with Gasteiger partial charge >= 0.3 is 0 Å². The Balaban J connectivity index is 7.05. The van der Waals surface area contributed by atoms with Crippen molar-refractivity contribution in [3.63, 3.8) is 0 Å². The van der Waals surface area contributed by atoms with Crippen LogP contribution in [0, 0.1) is 0 Å². The topological polar surface area (TPSA) is 60.7 Å². The van der Waals surface area contributed by atoms with Gasteiger partial charge in [0.15, 0.2) is 0 Å². The lowest BCUT2D eigenvalue weighted by Crippen LogP contribution is -2.83. The fraction of sp³-hybridized carbons (Fsp3) is 1.00. The lowest BCUT2D eigenvalue weighted by molar-refractivity contribution is -1.53. The van der Waals surface area contributed by atoms with Crippen LogP contribution in [0.3, 0.4) is 0 Å². The van der Waals surface area contributed by atoms with Crippen LogP contribution in [0.15, 0.2) is 0 Å². The van der Waals surface area contributed by atoms with Crippen molar-refractivity contribution in [2.75, 3.05) is 19.6 Å². The number of hydrogen-bond donors (Lipinski definition) is 3. The molecule has 0 amide bonds. The average Bonchev–Trinajstić information content (AvgIpc) is 3.07. The molecule has 3 atom stereocenters. The van der Waals surface area contributed by atoms with E-state index in [0.717, 1.165) is 77.4 Å². The lowest BCUT2D eigenvalue weighted by atomic mass is 10.0. The normalized spacial score (nSPS) is 15.5. The van der Waals surface area contributed by atoms with E-state index in [-0.39, 0.29) is 4.59 Å². The molecule has 5 nitrogen and oxygen atoms in total. The van der Waals surface area contributed by atoms with Crippen LogP contribution in [0.25, 0.3) is 0 Å². The zero-order valence-corrected chi connectivity index (χ0v) is 33.3. The molecule has 0 aromatic carbocycles. The van der Waals surface area contributed by atoms with Crippen LogP contribution in [0.1, 0.15) is 234 Å². The van der Waals surface area contributed by atoms with Gasteiger partial charge in [-0.2, -0.15) is 4.59 Å². The fourth-order valence-electron chi connectivity index (χ4n) is 8.21. The summed E-state index contributed by atoms with van der Waals surface area (Å²) in [7, 11) is 0. The van der Waals surface area contributed by atoms with Gasteiger partial charge in [-0.15, -0.1) is 0 Å². The first-order valence-electron chi connectivity index (χ1n) is 21.7. The highest BCUT2D eigenvalue weighted by Gasteiger charge is 2.62. The highest BCUT2D eigenvalue weighted by molar-refractivity contribution is 4.60. The first-order chi connectivity index (χ1) is 22.9. The van der Waals surface area contributed by atoms with Gasteiger partial charge in [0.2, 0.25) is 18.7 Å². The highest BCUT2D eigenvalue weighted by atomic mass is 16.4. The molecule has 0 spiro atoms. The number of quaternary nitrogens is 2. The lowest BCUT2D eigenvalue weighted by Gasteiger charge is -2.59. The monoisotopic (exact) mass is 671 g/mol. The van der Waals surface area contributed by atoms with Crippen LogP contribution < -0.4 is 0 Å². The summed E-state index contributed by atoms with van der Waals surface area (Å²) in [5, 5.41) is 38.2. The summed E-state index contributed by atoms with van der Waals surface area (Å²) >= 11 is 0. The Morgan fingerprint density at radius 2 is 0.511 bits per heavy atom. The van der Waals surface area contributed by atoms with Gasteiger partial charge in [0.05, 0.1) is 0 Å². The standard InChI is InChI=1S/C42H90N2O3/c1-7-13-19-25-28-34-40(45)44(41(46)35-29-26-20-14-8-2,42(47)36-30-27-21-15-9-3)43(37-31-22-16-10-4,38-32-23-17-11-5)39-33-24-18-12-6/h40-42,45-47H,7-39H2,1-6H3/q+2. The molecule has 0 saturated heterocycles. The first kappa shape index (κ1) is 46.8. The van der Waals surface area contributed by atoms with Crippen molar-refractivity contribution in [1.82, 2.24) is 0 Å². The molecule has 0 fully saturated rings. The van der Waals surface area contributed by atoms with Crippen molar-refractivity contribution in [2.45, 2.75) is 253 Å². The molecular formula is C42H90N2O3+2. The van der Waals surface area contributed by atoms with Crippen molar-refractivity contribution >= 4 is 0 Å². The van der Waals surface area contributed by atoms with Crippen LogP contribution >= 0.6 is 0 Å². The minimum atomic E-state index is -0.753. The van der Waals surface area contributed by atoms with Crippen LogP contribution in [0.5, 0.6) is 0 Å². The van der Waals surface area contributed by atoms with Gasteiger partial charge in [0, 0.05) is 38.5 Å². The van der Waals surface area contributed by atoms with Crippen LogP contribution in [0.2, 0.25) is 0 Å². The Hall–Kier alpha value is -0.200. The van der Waals surface area contributed by atoms with E-state index in [4.69, 9.17) is 0 Å². The van der Waals surface area contributed by atoms with Crippen LogP contribution in [-0.2, 0) is 0 Å². The van der Waals surface area contributed by atoms with Crippen molar-refractivity contribution in [1.29, 1.82) is 0 Å². The first-order valence-corrected chi connectivity index (χ1v) is 21.7. The molecule has 0 heterocycles. The molecule has 5 heteroatoms. The maximum atomic E-state index is 12.7. The van der Waals surface area contributed by atoms with Gasteiger partial charge in [0.25, 0.3) is 0 Å². The molecular weight excluding hydrogens is 580 g/mol. The van der Waals surface area contributed by atoms with E-state index in [1.54, 1.807) is 0 Å². The summed E-state index contributed by atoms with van der Waals surface area (Å²) in [6, 6.07) is 0. The Bertz CT molecular complexity index is 564. The zero-order chi connectivity index (χ0) is 35.1. The van der Waals surface area contributed by atoms with Gasteiger partial charge in [-0.25, -0.2) is 0 Å². The van der Waals surface area contributed by atoms with E-state index in [2.05, 4.69) is 41.5 Å². The number of nitrogens with zero attached hydrogens (tertiary/aromatic N) is 2. The molecule has 0 aliphatic heterocycles. The number of aliphatic hydroxyl groups is 3. The molecule has 0 radical (unpaired) electrons. The van der Waals surface area contributed by atoms with E-state index >= 15 is 0 Å². The molecule has 0 bridgehead atoms. The number of rotatable bonds is 37. The van der Waals surface area contributed by atoms with Crippen molar-refractivity contribution in [2.24, 2.45) is 0 Å². The maximum absolute atomic E-state index is 12.7. The molecule has 0 aliphatic rings. The van der Waals surface area contributed by atoms with Crippen molar-refractivity contribution in [3.05, 3.63) is 0 Å². The van der Waals surface area contributed by atoms with E-state index in [0.29, 0.717) is 23.9 Å². The summed E-state index contributed by atoms with van der Waals surface area (Å²) in [4.78, 5) is 0. The average molecular weight is 671 g/mol. The van der Waals surface area contributed by atoms with Crippen LogP contribution in [-0.4, -0.2) is 62.8 Å². The molecule has 0 rings (SSSR count). The van der Waals surface area contributed by atoms with Crippen molar-refractivity contribution in [3.8, 4) is 0 Å². The Labute approximate surface area is 296 Å². The zero-order valence-electron chi connectivity index (χ0n) is 33.3. The summed E-state index contributed by atoms with van der Waals surface area (Å²) < 4.78 is 0.749. The van der Waals surface area contributed by atoms with Gasteiger partial charge in [-0.3, -0.25) is 0 Å². The van der Waals surface area contributed by atoms with Gasteiger partial charge in [-0.1, -0.05) is 162 Å².